The van der Waals surface area contributed by atoms with E-state index >= 15 is 0 Å². The van der Waals surface area contributed by atoms with Gasteiger partial charge in [-0.3, -0.25) is 12.2 Å². The Kier molecular flexibility index (Phi) is 39.3. The summed E-state index contributed by atoms with van der Waals surface area (Å²) in [5.74, 6) is 0. The van der Waals surface area contributed by atoms with E-state index in [1.54, 1.807) is 13.8 Å². The third kappa shape index (κ3) is 23.7. The van der Waals surface area contributed by atoms with Crippen LogP contribution < -0.4 is 0 Å². The average Bonchev–Trinajstić information content (AvgIpc) is 3.14. The van der Waals surface area contributed by atoms with Crippen LogP contribution >= 0.6 is 0 Å². The number of hydrogen-bond acceptors (Lipinski definition) is 0. The van der Waals surface area contributed by atoms with Crippen molar-refractivity contribution in [1.29, 1.82) is 0 Å². The van der Waals surface area contributed by atoms with Crippen LogP contribution in [0.4, 0.5) is 0 Å². The zero-order valence-electron chi connectivity index (χ0n) is 10.3. The first-order valence-corrected chi connectivity index (χ1v) is 9.29. The minimum absolute atomic E-state index is 1.01. The van der Waals surface area contributed by atoms with Crippen molar-refractivity contribution in [1.82, 2.24) is 0 Å². The van der Waals surface area contributed by atoms with Gasteiger partial charge in [0.2, 0.25) is 0 Å². The second kappa shape index (κ2) is 29.4. The molecule has 2 aliphatic carbocycles. The van der Waals surface area contributed by atoms with Gasteiger partial charge >= 0.3 is 30.2 Å². The predicted octanol–water partition coefficient (Wildman–Crippen LogP) is 3.91. The first kappa shape index (κ1) is 21.4. The van der Waals surface area contributed by atoms with Gasteiger partial charge in [0, 0.05) is 0 Å². The molecule has 0 aromatic rings. The summed E-state index contributed by atoms with van der Waals surface area (Å²) < 4.78 is 0. The van der Waals surface area contributed by atoms with E-state index in [0.29, 0.717) is 0 Å². The van der Waals surface area contributed by atoms with E-state index in [1.165, 1.54) is 23.3 Å². The third-order valence-electron chi connectivity index (χ3n) is 1.17. The van der Waals surface area contributed by atoms with Gasteiger partial charge in [0.1, 0.15) is 0 Å². The molecule has 0 spiro atoms. The van der Waals surface area contributed by atoms with Crippen LogP contribution in [0.5, 0.6) is 0 Å². The van der Waals surface area contributed by atoms with Crippen LogP contribution in [0.15, 0.2) is 36.5 Å². The summed E-state index contributed by atoms with van der Waals surface area (Å²) in [7, 11) is 0. The van der Waals surface area contributed by atoms with Crippen molar-refractivity contribution in [3.05, 3.63) is 62.5 Å². The fourth-order valence-electron chi connectivity index (χ4n) is 0.680. The van der Waals surface area contributed by atoms with Crippen molar-refractivity contribution in [2.75, 3.05) is 0 Å². The molecule has 2 radical (unpaired) electrons. The second-order valence-corrected chi connectivity index (χ2v) is 2.01. The van der Waals surface area contributed by atoms with Crippen molar-refractivity contribution >= 4 is 6.88 Å². The van der Waals surface area contributed by atoms with E-state index in [4.69, 9.17) is 0 Å². The normalized spacial score (nSPS) is 11.9. The first-order chi connectivity index (χ1) is 8.00. The molecule has 0 atom stereocenters. The molecule has 0 heterocycles. The topological polar surface area (TPSA) is 0 Å². The minimum atomic E-state index is 1.01. The second-order valence-electron chi connectivity index (χ2n) is 2.01. The molecule has 0 bridgehead atoms. The van der Waals surface area contributed by atoms with E-state index in [2.05, 4.69) is 45.0 Å². The quantitative estimate of drug-likeness (QED) is 0.470. The molecule has 0 N–H and O–H groups in total. The average molecular weight is 308 g/mol. The Morgan fingerprint density at radius 1 is 0.875 bits per heavy atom. The molecule has 2 heteroatoms. The summed E-state index contributed by atoms with van der Waals surface area (Å²) in [5, 5.41) is 0. The maximum atomic E-state index is 3.25. The maximum absolute atomic E-state index is 3.25. The molecule has 0 saturated carbocycles. The molecule has 0 aromatic carbocycles. The molecule has 16 heavy (non-hydrogen) atoms. The standard InChI is InChI=1S/2C5H5.2C2H5.Si.Zr/c2*1-2-4-5-3-1;2*1-2;;/h2*1-3H,4H2;2*1H2,2H3;;/q4*-1;;. The third-order valence-corrected chi connectivity index (χ3v) is 1.17. The summed E-state index contributed by atoms with van der Waals surface area (Å²) >= 11 is 1.36. The van der Waals surface area contributed by atoms with Gasteiger partial charge in [-0.25, -0.2) is 24.3 Å². The number of rotatable bonds is 0. The van der Waals surface area contributed by atoms with Gasteiger partial charge < -0.3 is 13.8 Å². The molecule has 0 unspecified atom stereocenters. The van der Waals surface area contributed by atoms with Crippen LogP contribution in [0.25, 0.3) is 0 Å². The molecule has 0 saturated heterocycles. The molecule has 88 valence electrons. The van der Waals surface area contributed by atoms with Crippen LogP contribution in [-0.2, 0) is 23.3 Å². The Balaban J connectivity index is -0.000000146. The zero-order valence-corrected chi connectivity index (χ0v) is 13.8. The van der Waals surface area contributed by atoms with E-state index in [-0.39, 0.29) is 0 Å². The Morgan fingerprint density at radius 2 is 1.19 bits per heavy atom. The number of allylic oxidation sites excluding steroid dienone is 8. The zero-order chi connectivity index (χ0) is 13.1. The molecule has 0 aromatic heterocycles. The Morgan fingerprint density at radius 3 is 1.25 bits per heavy atom. The summed E-state index contributed by atoms with van der Waals surface area (Å²) in [5.41, 5.74) is 0. The molecular weight excluding hydrogens is 287 g/mol. The fraction of sp³-hybridized carbons (Fsp3) is 0.286. The van der Waals surface area contributed by atoms with Crippen molar-refractivity contribution in [3.63, 3.8) is 0 Å². The summed E-state index contributed by atoms with van der Waals surface area (Å²) in [6.07, 6.45) is 20.0. The SMILES string of the molecule is [C-]1=CC=CC1.[C-]1=CC=CC1.[CH2-]C.[CH2-]C.[Si]=[Zr]. The summed E-state index contributed by atoms with van der Waals surface area (Å²) in [6, 6.07) is 0. The predicted molar refractivity (Wildman–Crippen MR) is 71.0 cm³/mol. The van der Waals surface area contributed by atoms with Crippen LogP contribution in [0, 0.1) is 26.0 Å². The van der Waals surface area contributed by atoms with E-state index in [9.17, 15) is 0 Å². The number of hydrogen-bond donors (Lipinski definition) is 0. The molecule has 0 aliphatic heterocycles. The molecule has 0 fully saturated rings. The van der Waals surface area contributed by atoms with Gasteiger partial charge in [0.25, 0.3) is 0 Å². The molecular formula is C14H20SiZr-4. The van der Waals surface area contributed by atoms with Crippen LogP contribution in [0.3, 0.4) is 0 Å². The van der Waals surface area contributed by atoms with Gasteiger partial charge in [-0.1, -0.05) is 0 Å². The monoisotopic (exact) mass is 306 g/mol. The van der Waals surface area contributed by atoms with Gasteiger partial charge in [-0.2, -0.15) is 26.0 Å². The van der Waals surface area contributed by atoms with Crippen molar-refractivity contribution in [2.24, 2.45) is 0 Å². The van der Waals surface area contributed by atoms with Gasteiger partial charge in [0.15, 0.2) is 0 Å². The van der Waals surface area contributed by atoms with Crippen molar-refractivity contribution < 1.29 is 23.3 Å². The molecule has 0 nitrogen and oxygen atoms in total. The van der Waals surface area contributed by atoms with Crippen LogP contribution in [0.2, 0.25) is 0 Å². The molecule has 2 aliphatic rings. The van der Waals surface area contributed by atoms with E-state index in [1.807, 2.05) is 24.3 Å². The van der Waals surface area contributed by atoms with Crippen LogP contribution in [0.1, 0.15) is 26.7 Å². The Hall–Kier alpha value is 0.0600. The Labute approximate surface area is 119 Å². The van der Waals surface area contributed by atoms with Gasteiger partial charge in [-0.15, -0.1) is 12.8 Å². The first-order valence-electron chi connectivity index (χ1n) is 5.10. The van der Waals surface area contributed by atoms with Crippen molar-refractivity contribution in [3.8, 4) is 0 Å². The summed E-state index contributed by atoms with van der Waals surface area (Å²) in [6.45, 7) is 13.1. The van der Waals surface area contributed by atoms with E-state index in [0.717, 1.165) is 12.8 Å². The molecule has 0 amide bonds. The van der Waals surface area contributed by atoms with Crippen LogP contribution in [-0.4, -0.2) is 6.88 Å². The Bertz CT molecular complexity index is 161. The van der Waals surface area contributed by atoms with Gasteiger partial charge in [0.05, 0.1) is 0 Å². The van der Waals surface area contributed by atoms with E-state index < -0.39 is 0 Å². The van der Waals surface area contributed by atoms with Gasteiger partial charge in [-0.05, 0) is 0 Å². The summed E-state index contributed by atoms with van der Waals surface area (Å²) in [4.78, 5) is 0. The molecule has 2 rings (SSSR count). The fourth-order valence-corrected chi connectivity index (χ4v) is 0.680. The van der Waals surface area contributed by atoms with Crippen molar-refractivity contribution in [2.45, 2.75) is 26.7 Å².